The van der Waals surface area contributed by atoms with Crippen LogP contribution in [0.25, 0.3) is 0 Å². The number of amides is 1. The van der Waals surface area contributed by atoms with E-state index in [-0.39, 0.29) is 30.5 Å². The summed E-state index contributed by atoms with van der Waals surface area (Å²) in [5.41, 5.74) is 0. The van der Waals surface area contributed by atoms with Crippen molar-refractivity contribution in [3.8, 4) is 0 Å². The van der Waals surface area contributed by atoms with E-state index in [0.29, 0.717) is 5.92 Å². The Balaban J connectivity index is 0.00000210. The summed E-state index contributed by atoms with van der Waals surface area (Å²) in [5.74, 6) is 2.75. The van der Waals surface area contributed by atoms with Crippen molar-refractivity contribution < 1.29 is 9.53 Å². The molecular weight excluding hydrogens is 366 g/mol. The van der Waals surface area contributed by atoms with Crippen molar-refractivity contribution in [3.63, 3.8) is 0 Å². The van der Waals surface area contributed by atoms with Crippen molar-refractivity contribution in [2.75, 3.05) is 19.6 Å². The molecule has 1 saturated carbocycles. The van der Waals surface area contributed by atoms with Gasteiger partial charge < -0.3 is 19.5 Å². The molecule has 1 aromatic heterocycles. The van der Waals surface area contributed by atoms with Gasteiger partial charge in [-0.3, -0.25) is 4.79 Å². The van der Waals surface area contributed by atoms with Crippen LogP contribution in [0.4, 0.5) is 0 Å². The summed E-state index contributed by atoms with van der Waals surface area (Å²) in [6.07, 6.45) is 7.42. The minimum atomic E-state index is -0.262. The standard InChI is InChI=1S/C19H31N5O2.ClH/c1-2-16(26-15-5-3-4-6-15)19(25)23-10-7-14(8-11-23)18-22-21-17-13-20-9-12-24(17)18;/h14-16,20H,2-13H2,1H3;1H. The molecule has 2 aliphatic heterocycles. The summed E-state index contributed by atoms with van der Waals surface area (Å²) in [6, 6.07) is 0. The molecule has 3 aliphatic rings. The Hall–Kier alpha value is -1.18. The molecule has 2 fully saturated rings. The molecule has 1 aliphatic carbocycles. The highest BCUT2D eigenvalue weighted by molar-refractivity contribution is 5.85. The number of ether oxygens (including phenoxy) is 1. The maximum atomic E-state index is 12.9. The smallest absolute Gasteiger partial charge is 0.251 e. The van der Waals surface area contributed by atoms with Gasteiger partial charge in [0, 0.05) is 32.1 Å². The second kappa shape index (κ2) is 9.34. The first-order valence-corrected chi connectivity index (χ1v) is 10.3. The van der Waals surface area contributed by atoms with Crippen LogP contribution >= 0.6 is 12.4 Å². The number of rotatable bonds is 5. The molecule has 152 valence electrons. The third-order valence-corrected chi connectivity index (χ3v) is 6.13. The number of nitrogens with one attached hydrogen (secondary N) is 1. The third kappa shape index (κ3) is 4.46. The highest BCUT2D eigenvalue weighted by Gasteiger charge is 2.32. The molecule has 0 spiro atoms. The van der Waals surface area contributed by atoms with Crippen molar-refractivity contribution in [3.05, 3.63) is 11.6 Å². The zero-order chi connectivity index (χ0) is 17.9. The van der Waals surface area contributed by atoms with Crippen LogP contribution in [-0.2, 0) is 22.6 Å². The lowest BCUT2D eigenvalue weighted by molar-refractivity contribution is -0.148. The van der Waals surface area contributed by atoms with E-state index in [1.807, 2.05) is 4.90 Å². The fraction of sp³-hybridized carbons (Fsp3) is 0.842. The van der Waals surface area contributed by atoms with Crippen LogP contribution in [0.3, 0.4) is 0 Å². The van der Waals surface area contributed by atoms with Crippen LogP contribution in [0.2, 0.25) is 0 Å². The molecule has 0 bridgehead atoms. The molecular formula is C19H32ClN5O2. The first-order chi connectivity index (χ1) is 12.8. The van der Waals surface area contributed by atoms with Crippen molar-refractivity contribution in [2.45, 2.75) is 83.1 Å². The fourth-order valence-electron chi connectivity index (χ4n) is 4.56. The molecule has 27 heavy (non-hydrogen) atoms. The normalized spacial score (nSPS) is 22.3. The van der Waals surface area contributed by atoms with Crippen LogP contribution in [0, 0.1) is 0 Å². The minimum Gasteiger partial charge on any atom is -0.365 e. The van der Waals surface area contributed by atoms with E-state index in [1.54, 1.807) is 0 Å². The molecule has 0 aromatic carbocycles. The predicted octanol–water partition coefficient (Wildman–Crippen LogP) is 2.25. The number of halogens is 1. The van der Waals surface area contributed by atoms with E-state index in [4.69, 9.17) is 4.74 Å². The van der Waals surface area contributed by atoms with E-state index in [0.717, 1.165) is 76.5 Å². The summed E-state index contributed by atoms with van der Waals surface area (Å²) in [5, 5.41) is 12.1. The zero-order valence-corrected chi connectivity index (χ0v) is 17.0. The Morgan fingerprint density at radius 2 is 1.93 bits per heavy atom. The van der Waals surface area contributed by atoms with Gasteiger partial charge >= 0.3 is 0 Å². The van der Waals surface area contributed by atoms with Gasteiger partial charge in [0.05, 0.1) is 12.6 Å². The van der Waals surface area contributed by atoms with Gasteiger partial charge in [0.15, 0.2) is 0 Å². The van der Waals surface area contributed by atoms with Crippen LogP contribution in [-0.4, -0.2) is 57.4 Å². The summed E-state index contributed by atoms with van der Waals surface area (Å²) < 4.78 is 8.40. The Kier molecular flexibility index (Phi) is 7.11. The number of hydrogen-bond donors (Lipinski definition) is 1. The number of piperidine rings is 1. The predicted molar refractivity (Wildman–Crippen MR) is 105 cm³/mol. The second-order valence-corrected chi connectivity index (χ2v) is 7.84. The van der Waals surface area contributed by atoms with E-state index < -0.39 is 0 Å². The lowest BCUT2D eigenvalue weighted by Crippen LogP contribution is -2.45. The van der Waals surface area contributed by atoms with E-state index in [2.05, 4.69) is 27.0 Å². The molecule has 8 heteroatoms. The van der Waals surface area contributed by atoms with Gasteiger partial charge in [0.1, 0.15) is 17.8 Å². The first kappa shape index (κ1) is 20.6. The summed E-state index contributed by atoms with van der Waals surface area (Å²) in [4.78, 5) is 14.9. The maximum absolute atomic E-state index is 12.9. The maximum Gasteiger partial charge on any atom is 0.251 e. The third-order valence-electron chi connectivity index (χ3n) is 6.13. The topological polar surface area (TPSA) is 72.3 Å². The quantitative estimate of drug-likeness (QED) is 0.824. The lowest BCUT2D eigenvalue weighted by atomic mass is 9.95. The molecule has 7 nitrogen and oxygen atoms in total. The SMILES string of the molecule is CCC(OC1CCCC1)C(=O)N1CCC(c2nnc3n2CCNC3)CC1.Cl. The van der Waals surface area contributed by atoms with Crippen molar-refractivity contribution in [2.24, 2.45) is 0 Å². The number of carbonyl (C=O) groups excluding carboxylic acids is 1. The van der Waals surface area contributed by atoms with Crippen molar-refractivity contribution in [1.82, 2.24) is 25.0 Å². The van der Waals surface area contributed by atoms with Gasteiger partial charge in [0.25, 0.3) is 5.91 Å². The number of hydrogen-bond acceptors (Lipinski definition) is 5. The summed E-state index contributed by atoms with van der Waals surface area (Å²) >= 11 is 0. The lowest BCUT2D eigenvalue weighted by Gasteiger charge is -2.34. The molecule has 4 rings (SSSR count). The monoisotopic (exact) mass is 397 g/mol. The van der Waals surface area contributed by atoms with Crippen LogP contribution in [0.1, 0.15) is 69.4 Å². The highest BCUT2D eigenvalue weighted by atomic mass is 35.5. The number of carbonyl (C=O) groups is 1. The Bertz CT molecular complexity index is 624. The van der Waals surface area contributed by atoms with E-state index in [9.17, 15) is 4.79 Å². The Morgan fingerprint density at radius 1 is 1.19 bits per heavy atom. The van der Waals surface area contributed by atoms with Crippen LogP contribution in [0.15, 0.2) is 0 Å². The molecule has 1 saturated heterocycles. The molecule has 1 atom stereocenters. The van der Waals surface area contributed by atoms with Gasteiger partial charge in [-0.2, -0.15) is 0 Å². The van der Waals surface area contributed by atoms with E-state index in [1.165, 1.54) is 12.8 Å². The molecule has 1 amide bonds. The Labute approximate surface area is 167 Å². The first-order valence-electron chi connectivity index (χ1n) is 10.3. The average Bonchev–Trinajstić information content (AvgIpc) is 3.35. The average molecular weight is 398 g/mol. The van der Waals surface area contributed by atoms with Gasteiger partial charge in [-0.25, -0.2) is 0 Å². The van der Waals surface area contributed by atoms with E-state index >= 15 is 0 Å². The number of aromatic nitrogens is 3. The number of likely N-dealkylation sites (tertiary alicyclic amines) is 1. The summed E-state index contributed by atoms with van der Waals surface area (Å²) in [6.45, 7) is 6.39. The molecule has 1 aromatic rings. The highest BCUT2D eigenvalue weighted by Crippen LogP contribution is 2.29. The van der Waals surface area contributed by atoms with Gasteiger partial charge in [-0.1, -0.05) is 19.8 Å². The number of fused-ring (bicyclic) bond motifs is 1. The van der Waals surface area contributed by atoms with Crippen molar-refractivity contribution >= 4 is 18.3 Å². The molecule has 0 radical (unpaired) electrons. The molecule has 1 N–H and O–H groups in total. The zero-order valence-electron chi connectivity index (χ0n) is 16.2. The van der Waals surface area contributed by atoms with Crippen LogP contribution in [0.5, 0.6) is 0 Å². The molecule has 1 unspecified atom stereocenters. The largest absolute Gasteiger partial charge is 0.365 e. The van der Waals surface area contributed by atoms with Crippen LogP contribution < -0.4 is 5.32 Å². The van der Waals surface area contributed by atoms with Gasteiger partial charge in [-0.05, 0) is 32.1 Å². The minimum absolute atomic E-state index is 0. The molecule has 3 heterocycles. The Morgan fingerprint density at radius 3 is 2.63 bits per heavy atom. The summed E-state index contributed by atoms with van der Waals surface area (Å²) in [7, 11) is 0. The number of nitrogens with zero attached hydrogens (tertiary/aromatic N) is 4. The van der Waals surface area contributed by atoms with Gasteiger partial charge in [0.2, 0.25) is 0 Å². The van der Waals surface area contributed by atoms with Crippen molar-refractivity contribution in [1.29, 1.82) is 0 Å². The van der Waals surface area contributed by atoms with Gasteiger partial charge in [-0.15, -0.1) is 22.6 Å². The fourth-order valence-corrected chi connectivity index (χ4v) is 4.56. The second-order valence-electron chi connectivity index (χ2n) is 7.84.